The van der Waals surface area contributed by atoms with Gasteiger partial charge >= 0.3 is 0 Å². The molecule has 0 aliphatic heterocycles. The topological polar surface area (TPSA) is 64.4 Å². The molecule has 112 valence electrons. The summed E-state index contributed by atoms with van der Waals surface area (Å²) in [7, 11) is 0. The van der Waals surface area contributed by atoms with Crippen LogP contribution in [0.4, 0.5) is 4.39 Å². The Morgan fingerprint density at radius 3 is 2.70 bits per heavy atom. The van der Waals surface area contributed by atoms with Crippen LogP contribution >= 0.6 is 0 Å². The van der Waals surface area contributed by atoms with Crippen LogP contribution in [0.15, 0.2) is 24.3 Å². The number of carbonyl (C=O) groups excluding carboxylic acids is 1. The molecule has 0 spiro atoms. The minimum absolute atomic E-state index is 0.187. The Kier molecular flexibility index (Phi) is 6.45. The zero-order valence-corrected chi connectivity index (χ0v) is 12.2. The zero-order chi connectivity index (χ0) is 15.1. The third-order valence-electron chi connectivity index (χ3n) is 2.76. The largest absolute Gasteiger partial charge is 0.489 e. The smallest absolute Gasteiger partial charge is 0.237 e. The normalized spacial score (nSPS) is 13.9. The van der Waals surface area contributed by atoms with E-state index in [1.165, 1.54) is 12.1 Å². The summed E-state index contributed by atoms with van der Waals surface area (Å²) in [6, 6.07) is 5.41. The highest BCUT2D eigenvalue weighted by atomic mass is 19.1. The maximum absolute atomic E-state index is 13.0. The highest BCUT2D eigenvalue weighted by molar-refractivity contribution is 5.81. The van der Waals surface area contributed by atoms with Gasteiger partial charge in [-0.1, -0.05) is 19.9 Å². The Morgan fingerprint density at radius 2 is 2.10 bits per heavy atom. The molecule has 1 amide bonds. The average molecular weight is 282 g/mol. The van der Waals surface area contributed by atoms with Crippen molar-refractivity contribution in [2.75, 3.05) is 6.54 Å². The quantitative estimate of drug-likeness (QED) is 0.805. The predicted octanol–water partition coefficient (Wildman–Crippen LogP) is 2.08. The van der Waals surface area contributed by atoms with Gasteiger partial charge in [-0.05, 0) is 31.4 Å². The average Bonchev–Trinajstić information content (AvgIpc) is 2.35. The van der Waals surface area contributed by atoms with Gasteiger partial charge in [-0.25, -0.2) is 4.39 Å². The molecule has 0 radical (unpaired) electrons. The molecule has 0 aromatic heterocycles. The number of ether oxygens (including phenoxy) is 1. The molecule has 5 heteroatoms. The van der Waals surface area contributed by atoms with Crippen LogP contribution in [0.25, 0.3) is 0 Å². The van der Waals surface area contributed by atoms with Crippen molar-refractivity contribution < 1.29 is 13.9 Å². The number of benzene rings is 1. The third kappa shape index (κ3) is 6.02. The molecule has 0 bridgehead atoms. The van der Waals surface area contributed by atoms with Gasteiger partial charge in [0.15, 0.2) is 0 Å². The minimum atomic E-state index is -0.503. The van der Waals surface area contributed by atoms with E-state index in [2.05, 4.69) is 5.32 Å². The third-order valence-corrected chi connectivity index (χ3v) is 2.76. The lowest BCUT2D eigenvalue weighted by molar-refractivity contribution is -0.123. The van der Waals surface area contributed by atoms with Crippen LogP contribution in [0.2, 0.25) is 0 Å². The number of rotatable bonds is 7. The Labute approximate surface area is 119 Å². The molecule has 2 atom stereocenters. The summed E-state index contributed by atoms with van der Waals surface area (Å²) in [5.74, 6) is 0.279. The molecule has 4 nitrogen and oxygen atoms in total. The van der Waals surface area contributed by atoms with Gasteiger partial charge in [0.05, 0.1) is 12.6 Å². The second-order valence-electron chi connectivity index (χ2n) is 5.37. The SMILES string of the molecule is CC(C)C[C@H](N)C(=O)NCC(C)Oc1cccc(F)c1. The van der Waals surface area contributed by atoms with Crippen LogP contribution in [-0.4, -0.2) is 24.6 Å². The maximum atomic E-state index is 13.0. The van der Waals surface area contributed by atoms with Crippen molar-refractivity contribution >= 4 is 5.91 Å². The number of carbonyl (C=O) groups is 1. The minimum Gasteiger partial charge on any atom is -0.489 e. The van der Waals surface area contributed by atoms with Gasteiger partial charge in [0.25, 0.3) is 0 Å². The van der Waals surface area contributed by atoms with Crippen molar-refractivity contribution in [2.24, 2.45) is 11.7 Å². The van der Waals surface area contributed by atoms with Crippen LogP contribution in [0.1, 0.15) is 27.2 Å². The molecule has 1 aromatic rings. The molecular formula is C15H23FN2O2. The Morgan fingerprint density at radius 1 is 1.40 bits per heavy atom. The van der Waals surface area contributed by atoms with E-state index in [0.29, 0.717) is 24.6 Å². The number of hydrogen-bond donors (Lipinski definition) is 2. The first-order chi connectivity index (χ1) is 9.38. The molecule has 1 rings (SSSR count). The second-order valence-corrected chi connectivity index (χ2v) is 5.37. The molecule has 0 heterocycles. The number of nitrogens with one attached hydrogen (secondary N) is 1. The lowest BCUT2D eigenvalue weighted by atomic mass is 10.0. The standard InChI is InChI=1S/C15H23FN2O2/c1-10(2)7-14(17)15(19)18-9-11(3)20-13-6-4-5-12(16)8-13/h4-6,8,10-11,14H,7,9,17H2,1-3H3,(H,18,19)/t11?,14-/m0/s1. The van der Waals surface area contributed by atoms with E-state index in [9.17, 15) is 9.18 Å². The molecule has 0 aliphatic carbocycles. The highest BCUT2D eigenvalue weighted by Gasteiger charge is 2.15. The van der Waals surface area contributed by atoms with Gasteiger partial charge in [0.1, 0.15) is 17.7 Å². The van der Waals surface area contributed by atoms with E-state index in [-0.39, 0.29) is 17.8 Å². The van der Waals surface area contributed by atoms with Crippen LogP contribution in [0.3, 0.4) is 0 Å². The lowest BCUT2D eigenvalue weighted by Gasteiger charge is -2.18. The van der Waals surface area contributed by atoms with E-state index in [4.69, 9.17) is 10.5 Å². The Bertz CT molecular complexity index is 438. The zero-order valence-electron chi connectivity index (χ0n) is 12.2. The van der Waals surface area contributed by atoms with Gasteiger partial charge in [-0.3, -0.25) is 4.79 Å². The van der Waals surface area contributed by atoms with Crippen molar-refractivity contribution in [3.8, 4) is 5.75 Å². The summed E-state index contributed by atoms with van der Waals surface area (Å²) in [4.78, 5) is 11.7. The maximum Gasteiger partial charge on any atom is 0.237 e. The first-order valence-electron chi connectivity index (χ1n) is 6.84. The second kappa shape index (κ2) is 7.85. The fraction of sp³-hybridized carbons (Fsp3) is 0.533. The Balaban J connectivity index is 2.36. The van der Waals surface area contributed by atoms with Crippen molar-refractivity contribution in [1.29, 1.82) is 0 Å². The molecule has 0 saturated heterocycles. The molecular weight excluding hydrogens is 259 g/mol. The molecule has 0 aliphatic rings. The predicted molar refractivity (Wildman–Crippen MR) is 76.9 cm³/mol. The molecule has 20 heavy (non-hydrogen) atoms. The summed E-state index contributed by atoms with van der Waals surface area (Å²) in [6.45, 7) is 6.17. The van der Waals surface area contributed by atoms with Gasteiger partial charge in [-0.2, -0.15) is 0 Å². The molecule has 1 aromatic carbocycles. The number of amides is 1. The first kappa shape index (κ1) is 16.4. The van der Waals surface area contributed by atoms with Crippen LogP contribution in [0, 0.1) is 11.7 Å². The van der Waals surface area contributed by atoms with Crippen LogP contribution in [0.5, 0.6) is 5.75 Å². The number of hydrogen-bond acceptors (Lipinski definition) is 3. The van der Waals surface area contributed by atoms with E-state index in [1.54, 1.807) is 19.1 Å². The van der Waals surface area contributed by atoms with E-state index in [0.717, 1.165) is 0 Å². The number of halogens is 1. The van der Waals surface area contributed by atoms with E-state index >= 15 is 0 Å². The molecule has 1 unspecified atom stereocenters. The molecule has 0 fully saturated rings. The highest BCUT2D eigenvalue weighted by Crippen LogP contribution is 2.13. The van der Waals surface area contributed by atoms with Crippen molar-refractivity contribution in [1.82, 2.24) is 5.32 Å². The van der Waals surface area contributed by atoms with Crippen LogP contribution in [-0.2, 0) is 4.79 Å². The van der Waals surface area contributed by atoms with E-state index in [1.807, 2.05) is 13.8 Å². The summed E-state index contributed by atoms with van der Waals surface area (Å²) in [5, 5.41) is 2.74. The summed E-state index contributed by atoms with van der Waals surface area (Å²) < 4.78 is 18.5. The van der Waals surface area contributed by atoms with Crippen LogP contribution < -0.4 is 15.8 Å². The lowest BCUT2D eigenvalue weighted by Crippen LogP contribution is -2.44. The first-order valence-corrected chi connectivity index (χ1v) is 6.84. The monoisotopic (exact) mass is 282 g/mol. The van der Waals surface area contributed by atoms with Gasteiger partial charge in [0.2, 0.25) is 5.91 Å². The van der Waals surface area contributed by atoms with Gasteiger partial charge in [0, 0.05) is 6.07 Å². The van der Waals surface area contributed by atoms with Crippen molar-refractivity contribution in [2.45, 2.75) is 39.3 Å². The van der Waals surface area contributed by atoms with Gasteiger partial charge < -0.3 is 15.8 Å². The molecule has 3 N–H and O–H groups in total. The molecule has 0 saturated carbocycles. The van der Waals surface area contributed by atoms with Crippen molar-refractivity contribution in [3.05, 3.63) is 30.1 Å². The van der Waals surface area contributed by atoms with Crippen molar-refractivity contribution in [3.63, 3.8) is 0 Å². The summed E-state index contributed by atoms with van der Waals surface area (Å²) >= 11 is 0. The fourth-order valence-electron chi connectivity index (χ4n) is 1.80. The summed E-state index contributed by atoms with van der Waals surface area (Å²) in [5.41, 5.74) is 5.77. The Hall–Kier alpha value is -1.62. The fourth-order valence-corrected chi connectivity index (χ4v) is 1.80. The van der Waals surface area contributed by atoms with Gasteiger partial charge in [-0.15, -0.1) is 0 Å². The summed E-state index contributed by atoms with van der Waals surface area (Å²) in [6.07, 6.45) is 0.386. The van der Waals surface area contributed by atoms with E-state index < -0.39 is 6.04 Å². The number of nitrogens with two attached hydrogens (primary N) is 1.